The number of hydrogen-bond donors (Lipinski definition) is 2. The molecule has 1 amide bonds. The molecule has 0 spiro atoms. The Morgan fingerprint density at radius 2 is 1.81 bits per heavy atom. The standard InChI is InChI=1S/C24H27N3O3S/c1-3-4-7-19-10-12-20(13-11-19)27-31(29,30)22-14-9-18(2)23(16-22)24(28)26-17-21-8-5-6-15-25-21/h5-6,8-16,27H,3-4,7,17H2,1-2H3,(H,26,28). The van der Waals surface area contributed by atoms with Crippen molar-refractivity contribution in [2.24, 2.45) is 0 Å². The average molecular weight is 438 g/mol. The first kappa shape index (κ1) is 22.5. The van der Waals surface area contributed by atoms with Crippen LogP contribution in [0.2, 0.25) is 0 Å². The van der Waals surface area contributed by atoms with Crippen molar-refractivity contribution in [3.63, 3.8) is 0 Å². The molecule has 3 rings (SSSR count). The monoisotopic (exact) mass is 437 g/mol. The van der Waals surface area contributed by atoms with Crippen LogP contribution in [0.3, 0.4) is 0 Å². The van der Waals surface area contributed by atoms with Gasteiger partial charge in [-0.3, -0.25) is 14.5 Å². The zero-order chi connectivity index (χ0) is 22.3. The van der Waals surface area contributed by atoms with E-state index in [9.17, 15) is 13.2 Å². The molecule has 0 fully saturated rings. The second-order valence-electron chi connectivity index (χ2n) is 7.39. The summed E-state index contributed by atoms with van der Waals surface area (Å²) in [6.07, 6.45) is 4.83. The highest BCUT2D eigenvalue weighted by atomic mass is 32.2. The lowest BCUT2D eigenvalue weighted by atomic mass is 10.1. The van der Waals surface area contributed by atoms with E-state index < -0.39 is 10.0 Å². The van der Waals surface area contributed by atoms with Crippen LogP contribution in [0.5, 0.6) is 0 Å². The molecule has 0 saturated carbocycles. The zero-order valence-electron chi connectivity index (χ0n) is 17.8. The van der Waals surface area contributed by atoms with Crippen LogP contribution in [0.15, 0.2) is 71.8 Å². The van der Waals surface area contributed by atoms with Crippen LogP contribution in [-0.2, 0) is 23.0 Å². The third-order valence-corrected chi connectivity index (χ3v) is 6.32. The Balaban J connectivity index is 1.73. The van der Waals surface area contributed by atoms with Gasteiger partial charge in [0.25, 0.3) is 15.9 Å². The summed E-state index contributed by atoms with van der Waals surface area (Å²) in [7, 11) is -3.83. The van der Waals surface area contributed by atoms with E-state index in [2.05, 4.69) is 21.9 Å². The van der Waals surface area contributed by atoms with Crippen molar-refractivity contribution < 1.29 is 13.2 Å². The van der Waals surface area contributed by atoms with Gasteiger partial charge in [-0.15, -0.1) is 0 Å². The zero-order valence-corrected chi connectivity index (χ0v) is 18.6. The Bertz CT molecular complexity index is 1130. The average Bonchev–Trinajstić information content (AvgIpc) is 2.77. The third kappa shape index (κ3) is 6.15. The van der Waals surface area contributed by atoms with Gasteiger partial charge in [-0.25, -0.2) is 8.42 Å². The fourth-order valence-corrected chi connectivity index (χ4v) is 4.20. The molecule has 1 heterocycles. The van der Waals surface area contributed by atoms with Gasteiger partial charge in [-0.1, -0.05) is 37.6 Å². The van der Waals surface area contributed by atoms with Gasteiger partial charge in [0, 0.05) is 17.4 Å². The minimum absolute atomic E-state index is 0.0381. The van der Waals surface area contributed by atoms with Crippen molar-refractivity contribution in [3.05, 3.63) is 89.2 Å². The van der Waals surface area contributed by atoms with Crippen LogP contribution in [0.25, 0.3) is 0 Å². The fourth-order valence-electron chi connectivity index (χ4n) is 3.12. The van der Waals surface area contributed by atoms with Gasteiger partial charge in [-0.05, 0) is 67.3 Å². The SMILES string of the molecule is CCCCc1ccc(NS(=O)(=O)c2ccc(C)c(C(=O)NCc3ccccn3)c2)cc1. The number of pyridine rings is 1. The highest BCUT2D eigenvalue weighted by Crippen LogP contribution is 2.20. The second kappa shape index (κ2) is 10.2. The minimum atomic E-state index is -3.83. The van der Waals surface area contributed by atoms with Gasteiger partial charge < -0.3 is 5.32 Å². The number of nitrogens with one attached hydrogen (secondary N) is 2. The number of carbonyl (C=O) groups is 1. The van der Waals surface area contributed by atoms with Crippen molar-refractivity contribution >= 4 is 21.6 Å². The number of amides is 1. The first-order valence-electron chi connectivity index (χ1n) is 10.3. The number of sulfonamides is 1. The van der Waals surface area contributed by atoms with Crippen molar-refractivity contribution in [1.82, 2.24) is 10.3 Å². The van der Waals surface area contributed by atoms with E-state index in [0.29, 0.717) is 16.8 Å². The van der Waals surface area contributed by atoms with Crippen molar-refractivity contribution in [3.8, 4) is 0 Å². The Morgan fingerprint density at radius 3 is 2.48 bits per heavy atom. The quantitative estimate of drug-likeness (QED) is 0.517. The molecule has 0 unspecified atom stereocenters. The highest BCUT2D eigenvalue weighted by molar-refractivity contribution is 7.92. The number of aromatic nitrogens is 1. The molecule has 7 heteroatoms. The van der Waals surface area contributed by atoms with E-state index in [4.69, 9.17) is 0 Å². The van der Waals surface area contributed by atoms with Gasteiger partial charge in [-0.2, -0.15) is 0 Å². The molecule has 31 heavy (non-hydrogen) atoms. The summed E-state index contributed by atoms with van der Waals surface area (Å²) in [5, 5.41) is 2.79. The first-order valence-corrected chi connectivity index (χ1v) is 11.8. The Hall–Kier alpha value is -3.19. The van der Waals surface area contributed by atoms with Crippen molar-refractivity contribution in [2.45, 2.75) is 44.6 Å². The van der Waals surface area contributed by atoms with Crippen molar-refractivity contribution in [2.75, 3.05) is 4.72 Å². The number of anilines is 1. The van der Waals surface area contributed by atoms with Gasteiger partial charge in [0.2, 0.25) is 0 Å². The molecule has 0 saturated heterocycles. The maximum Gasteiger partial charge on any atom is 0.261 e. The number of nitrogens with zero attached hydrogens (tertiary/aromatic N) is 1. The molecule has 0 atom stereocenters. The predicted molar refractivity (Wildman–Crippen MR) is 122 cm³/mol. The lowest BCUT2D eigenvalue weighted by Gasteiger charge is -2.12. The molecule has 1 aromatic heterocycles. The molecular formula is C24H27N3O3S. The molecular weight excluding hydrogens is 410 g/mol. The molecule has 6 nitrogen and oxygen atoms in total. The van der Waals surface area contributed by atoms with Gasteiger partial charge in [0.15, 0.2) is 0 Å². The number of benzene rings is 2. The normalized spacial score (nSPS) is 11.2. The molecule has 3 aromatic rings. The number of unbranched alkanes of at least 4 members (excludes halogenated alkanes) is 1. The molecule has 0 aliphatic carbocycles. The van der Waals surface area contributed by atoms with Gasteiger partial charge >= 0.3 is 0 Å². The molecule has 2 N–H and O–H groups in total. The maximum absolute atomic E-state index is 12.9. The van der Waals surface area contributed by atoms with Crippen LogP contribution >= 0.6 is 0 Å². The molecule has 2 aromatic carbocycles. The molecule has 0 aliphatic rings. The second-order valence-corrected chi connectivity index (χ2v) is 9.07. The van der Waals surface area contributed by atoms with Crippen LogP contribution in [0, 0.1) is 6.92 Å². The third-order valence-electron chi connectivity index (χ3n) is 4.95. The van der Waals surface area contributed by atoms with Crippen LogP contribution in [0.1, 0.15) is 46.9 Å². The molecule has 0 bridgehead atoms. The molecule has 0 radical (unpaired) electrons. The topological polar surface area (TPSA) is 88.2 Å². The summed E-state index contributed by atoms with van der Waals surface area (Å²) in [5.74, 6) is -0.347. The van der Waals surface area contributed by atoms with Gasteiger partial charge in [0.05, 0.1) is 17.1 Å². The lowest BCUT2D eigenvalue weighted by Crippen LogP contribution is -2.24. The number of hydrogen-bond acceptors (Lipinski definition) is 4. The number of aryl methyl sites for hydroxylation is 2. The largest absolute Gasteiger partial charge is 0.346 e. The summed E-state index contributed by atoms with van der Waals surface area (Å²) >= 11 is 0. The van der Waals surface area contributed by atoms with Gasteiger partial charge in [0.1, 0.15) is 0 Å². The van der Waals surface area contributed by atoms with E-state index in [-0.39, 0.29) is 17.3 Å². The van der Waals surface area contributed by atoms with Crippen LogP contribution in [0.4, 0.5) is 5.69 Å². The van der Waals surface area contributed by atoms with Crippen molar-refractivity contribution in [1.29, 1.82) is 0 Å². The van der Waals surface area contributed by atoms with E-state index >= 15 is 0 Å². The van der Waals surface area contributed by atoms with Crippen LogP contribution in [-0.4, -0.2) is 19.3 Å². The van der Waals surface area contributed by atoms with E-state index in [0.717, 1.165) is 25.0 Å². The number of carbonyl (C=O) groups excluding carboxylic acids is 1. The van der Waals surface area contributed by atoms with E-state index in [1.54, 1.807) is 37.4 Å². The summed E-state index contributed by atoms with van der Waals surface area (Å²) in [5.41, 5.74) is 3.39. The Morgan fingerprint density at radius 1 is 1.03 bits per heavy atom. The maximum atomic E-state index is 12.9. The molecule has 0 aliphatic heterocycles. The Kier molecular flexibility index (Phi) is 7.41. The first-order chi connectivity index (χ1) is 14.9. The fraction of sp³-hybridized carbons (Fsp3) is 0.250. The number of rotatable bonds is 9. The highest BCUT2D eigenvalue weighted by Gasteiger charge is 2.18. The summed E-state index contributed by atoms with van der Waals surface area (Å²) in [6.45, 7) is 4.17. The minimum Gasteiger partial charge on any atom is -0.346 e. The van der Waals surface area contributed by atoms with E-state index in [1.165, 1.54) is 17.7 Å². The summed E-state index contributed by atoms with van der Waals surface area (Å²) in [6, 6.07) is 17.4. The Labute approximate surface area is 183 Å². The smallest absolute Gasteiger partial charge is 0.261 e. The summed E-state index contributed by atoms with van der Waals surface area (Å²) in [4.78, 5) is 16.9. The van der Waals surface area contributed by atoms with Crippen LogP contribution < -0.4 is 10.0 Å². The molecule has 162 valence electrons. The van der Waals surface area contributed by atoms with E-state index in [1.807, 2.05) is 24.3 Å². The lowest BCUT2D eigenvalue weighted by molar-refractivity contribution is 0.0949. The predicted octanol–water partition coefficient (Wildman–Crippen LogP) is 4.46. The summed E-state index contributed by atoms with van der Waals surface area (Å²) < 4.78 is 28.3.